The fraction of sp³-hybridized carbons (Fsp3) is 0.200. The smallest absolute Gasteiger partial charge is 0.172 e. The van der Waals surface area contributed by atoms with E-state index in [0.717, 1.165) is 23.5 Å². The van der Waals surface area contributed by atoms with E-state index in [0.29, 0.717) is 5.56 Å². The number of para-hydroxylation sites is 1. The number of nitrogens with two attached hydrogens (primary N) is 1. The van der Waals surface area contributed by atoms with Gasteiger partial charge in [0.15, 0.2) is 5.84 Å². The molecule has 1 aromatic heterocycles. The van der Waals surface area contributed by atoms with Crippen LogP contribution in [0.25, 0.3) is 0 Å². The molecule has 0 aliphatic carbocycles. The number of benzene rings is 1. The Morgan fingerprint density at radius 1 is 1.30 bits per heavy atom. The SMILES string of the molecule is CCN(c1ccccc1C)c1cnccc1/C(N)=N/O. The highest BCUT2D eigenvalue weighted by atomic mass is 16.4. The number of amidine groups is 1. The van der Waals surface area contributed by atoms with Crippen LogP contribution >= 0.6 is 0 Å². The average Bonchev–Trinajstić information content (AvgIpc) is 2.49. The van der Waals surface area contributed by atoms with Gasteiger partial charge >= 0.3 is 0 Å². The Morgan fingerprint density at radius 3 is 2.70 bits per heavy atom. The van der Waals surface area contributed by atoms with E-state index in [1.54, 1.807) is 18.5 Å². The molecule has 0 atom stereocenters. The molecule has 0 spiro atoms. The second kappa shape index (κ2) is 6.06. The first-order chi connectivity index (χ1) is 9.69. The number of aromatic nitrogens is 1. The van der Waals surface area contributed by atoms with Gasteiger partial charge < -0.3 is 15.8 Å². The molecular weight excluding hydrogens is 252 g/mol. The molecule has 0 saturated carbocycles. The van der Waals surface area contributed by atoms with Crippen LogP contribution in [0.5, 0.6) is 0 Å². The minimum Gasteiger partial charge on any atom is -0.409 e. The molecule has 1 aromatic carbocycles. The van der Waals surface area contributed by atoms with Crippen LogP contribution in [0.3, 0.4) is 0 Å². The van der Waals surface area contributed by atoms with Crippen molar-refractivity contribution < 1.29 is 5.21 Å². The Balaban J connectivity index is 2.56. The number of hydrogen-bond donors (Lipinski definition) is 2. The molecule has 0 aliphatic heterocycles. The summed E-state index contributed by atoms with van der Waals surface area (Å²) in [5.41, 5.74) is 9.46. The van der Waals surface area contributed by atoms with E-state index in [2.05, 4.69) is 35.0 Å². The lowest BCUT2D eigenvalue weighted by Crippen LogP contribution is -2.23. The maximum atomic E-state index is 8.92. The fourth-order valence-electron chi connectivity index (χ4n) is 2.21. The van der Waals surface area contributed by atoms with Gasteiger partial charge in [0, 0.05) is 24.0 Å². The Morgan fingerprint density at radius 2 is 2.05 bits per heavy atom. The summed E-state index contributed by atoms with van der Waals surface area (Å²) in [6.45, 7) is 4.86. The Hall–Kier alpha value is -2.56. The van der Waals surface area contributed by atoms with E-state index in [9.17, 15) is 0 Å². The Labute approximate surface area is 118 Å². The molecular formula is C15H18N4O. The van der Waals surface area contributed by atoms with Crippen molar-refractivity contribution in [3.8, 4) is 0 Å². The molecule has 5 heteroatoms. The van der Waals surface area contributed by atoms with E-state index in [4.69, 9.17) is 10.9 Å². The lowest BCUT2D eigenvalue weighted by atomic mass is 10.1. The van der Waals surface area contributed by atoms with E-state index < -0.39 is 0 Å². The summed E-state index contributed by atoms with van der Waals surface area (Å²) in [5, 5.41) is 12.0. The molecule has 20 heavy (non-hydrogen) atoms. The average molecular weight is 270 g/mol. The van der Waals surface area contributed by atoms with Crippen molar-refractivity contribution in [1.82, 2.24) is 4.98 Å². The summed E-state index contributed by atoms with van der Waals surface area (Å²) in [6, 6.07) is 9.83. The second-order valence-electron chi connectivity index (χ2n) is 4.41. The van der Waals surface area contributed by atoms with E-state index in [1.807, 2.05) is 18.2 Å². The zero-order valence-electron chi connectivity index (χ0n) is 11.6. The molecule has 2 rings (SSSR count). The maximum absolute atomic E-state index is 8.92. The third kappa shape index (κ3) is 2.56. The van der Waals surface area contributed by atoms with Gasteiger partial charge in [0.2, 0.25) is 0 Å². The number of anilines is 2. The minimum absolute atomic E-state index is 0.0782. The highest BCUT2D eigenvalue weighted by molar-refractivity contribution is 6.02. The normalized spacial score (nSPS) is 11.4. The minimum atomic E-state index is 0.0782. The topological polar surface area (TPSA) is 74.7 Å². The lowest BCUT2D eigenvalue weighted by molar-refractivity contribution is 0.318. The summed E-state index contributed by atoms with van der Waals surface area (Å²) in [7, 11) is 0. The number of aryl methyl sites for hydroxylation is 1. The number of nitrogens with zero attached hydrogens (tertiary/aromatic N) is 3. The van der Waals surface area contributed by atoms with Crippen LogP contribution in [-0.2, 0) is 0 Å². The van der Waals surface area contributed by atoms with Gasteiger partial charge in [-0.3, -0.25) is 4.98 Å². The molecule has 3 N–H and O–H groups in total. The zero-order valence-corrected chi connectivity index (χ0v) is 11.6. The van der Waals surface area contributed by atoms with Crippen molar-refractivity contribution in [3.05, 3.63) is 53.9 Å². The van der Waals surface area contributed by atoms with Crippen LogP contribution < -0.4 is 10.6 Å². The first-order valence-corrected chi connectivity index (χ1v) is 6.44. The van der Waals surface area contributed by atoms with Gasteiger partial charge in [-0.1, -0.05) is 23.4 Å². The second-order valence-corrected chi connectivity index (χ2v) is 4.41. The Bertz CT molecular complexity index is 625. The van der Waals surface area contributed by atoms with Crippen molar-refractivity contribution in [2.24, 2.45) is 10.9 Å². The molecule has 2 aromatic rings. The van der Waals surface area contributed by atoms with Crippen LogP contribution in [0.1, 0.15) is 18.1 Å². The van der Waals surface area contributed by atoms with Crippen molar-refractivity contribution in [1.29, 1.82) is 0 Å². The largest absolute Gasteiger partial charge is 0.409 e. The van der Waals surface area contributed by atoms with E-state index >= 15 is 0 Å². The van der Waals surface area contributed by atoms with Gasteiger partial charge in [0.1, 0.15) is 0 Å². The monoisotopic (exact) mass is 270 g/mol. The molecule has 5 nitrogen and oxygen atoms in total. The highest BCUT2D eigenvalue weighted by Gasteiger charge is 2.15. The first kappa shape index (κ1) is 13.9. The lowest BCUT2D eigenvalue weighted by Gasteiger charge is -2.26. The summed E-state index contributed by atoms with van der Waals surface area (Å²) < 4.78 is 0. The molecule has 104 valence electrons. The van der Waals surface area contributed by atoms with Crippen LogP contribution in [0, 0.1) is 6.92 Å². The predicted molar refractivity (Wildman–Crippen MR) is 80.6 cm³/mol. The standard InChI is InChI=1S/C15H18N4O/c1-3-19(13-7-5-4-6-11(13)2)14-10-17-9-8-12(14)15(16)18-20/h4-10,20H,3H2,1-2H3,(H2,16,18). The molecule has 0 saturated heterocycles. The summed E-state index contributed by atoms with van der Waals surface area (Å²) in [4.78, 5) is 6.25. The molecule has 0 unspecified atom stereocenters. The van der Waals surface area contributed by atoms with Gasteiger partial charge in [-0.2, -0.15) is 0 Å². The summed E-state index contributed by atoms with van der Waals surface area (Å²) in [5.74, 6) is 0.0782. The number of pyridine rings is 1. The van der Waals surface area contributed by atoms with E-state index in [-0.39, 0.29) is 5.84 Å². The van der Waals surface area contributed by atoms with Gasteiger partial charge in [-0.05, 0) is 31.5 Å². The fourth-order valence-corrected chi connectivity index (χ4v) is 2.21. The van der Waals surface area contributed by atoms with Crippen LogP contribution in [-0.4, -0.2) is 22.6 Å². The van der Waals surface area contributed by atoms with Gasteiger partial charge in [-0.25, -0.2) is 0 Å². The molecule has 0 bridgehead atoms. The molecule has 0 amide bonds. The van der Waals surface area contributed by atoms with Crippen molar-refractivity contribution in [3.63, 3.8) is 0 Å². The predicted octanol–water partition coefficient (Wildman–Crippen LogP) is 2.64. The first-order valence-electron chi connectivity index (χ1n) is 6.44. The zero-order chi connectivity index (χ0) is 14.5. The molecule has 1 heterocycles. The quantitative estimate of drug-likeness (QED) is 0.387. The molecule has 0 radical (unpaired) electrons. The van der Waals surface area contributed by atoms with Gasteiger partial charge in [0.05, 0.1) is 11.9 Å². The molecule has 0 aliphatic rings. The van der Waals surface area contributed by atoms with Gasteiger partial charge in [-0.15, -0.1) is 0 Å². The number of rotatable bonds is 4. The third-order valence-corrected chi connectivity index (χ3v) is 3.20. The third-order valence-electron chi connectivity index (χ3n) is 3.20. The van der Waals surface area contributed by atoms with Crippen LogP contribution in [0.2, 0.25) is 0 Å². The van der Waals surface area contributed by atoms with Crippen molar-refractivity contribution >= 4 is 17.2 Å². The van der Waals surface area contributed by atoms with Crippen LogP contribution in [0.15, 0.2) is 47.9 Å². The number of oxime groups is 1. The van der Waals surface area contributed by atoms with E-state index in [1.165, 1.54) is 0 Å². The van der Waals surface area contributed by atoms with Crippen molar-refractivity contribution in [2.75, 3.05) is 11.4 Å². The van der Waals surface area contributed by atoms with Crippen LogP contribution in [0.4, 0.5) is 11.4 Å². The number of hydrogen-bond acceptors (Lipinski definition) is 4. The summed E-state index contributed by atoms with van der Waals surface area (Å²) in [6.07, 6.45) is 3.35. The summed E-state index contributed by atoms with van der Waals surface area (Å²) >= 11 is 0. The molecule has 0 fully saturated rings. The highest BCUT2D eigenvalue weighted by Crippen LogP contribution is 2.29. The maximum Gasteiger partial charge on any atom is 0.172 e. The van der Waals surface area contributed by atoms with Crippen molar-refractivity contribution in [2.45, 2.75) is 13.8 Å². The van der Waals surface area contributed by atoms with Gasteiger partial charge in [0.25, 0.3) is 0 Å². The Kier molecular flexibility index (Phi) is 4.20.